The maximum atomic E-state index is 12.7. The number of hydrogen-bond donors (Lipinski definition) is 0. The van der Waals surface area contributed by atoms with Gasteiger partial charge in [-0.3, -0.25) is 9.59 Å². The van der Waals surface area contributed by atoms with Crippen LogP contribution in [0.15, 0.2) is 36.4 Å². The van der Waals surface area contributed by atoms with Gasteiger partial charge in [0.2, 0.25) is 0 Å². The summed E-state index contributed by atoms with van der Waals surface area (Å²) in [5, 5.41) is 0. The molecule has 0 saturated heterocycles. The Bertz CT molecular complexity index is 867. The largest absolute Gasteiger partial charge is 0.385 e. The Labute approximate surface area is 186 Å². The maximum absolute atomic E-state index is 12.7. The molecule has 3 rings (SSSR count). The van der Waals surface area contributed by atoms with Gasteiger partial charge >= 0.3 is 0 Å². The monoisotopic (exact) mass is 422 g/mol. The Hall–Kier alpha value is -2.30. The number of rotatable bonds is 12. The summed E-state index contributed by atoms with van der Waals surface area (Å²) in [6.07, 6.45) is 4.29. The molecule has 2 aromatic carbocycles. The van der Waals surface area contributed by atoms with Gasteiger partial charge in [0.15, 0.2) is 11.6 Å². The predicted molar refractivity (Wildman–Crippen MR) is 124 cm³/mol. The van der Waals surface area contributed by atoms with E-state index in [0.29, 0.717) is 26.1 Å². The third-order valence-corrected chi connectivity index (χ3v) is 6.42. The van der Waals surface area contributed by atoms with E-state index in [0.717, 1.165) is 59.1 Å². The van der Waals surface area contributed by atoms with Crippen molar-refractivity contribution in [2.24, 2.45) is 0 Å². The van der Waals surface area contributed by atoms with Crippen molar-refractivity contribution in [1.82, 2.24) is 0 Å². The second-order valence-electron chi connectivity index (χ2n) is 8.43. The smallest absolute Gasteiger partial charge is 0.162 e. The first-order valence-corrected chi connectivity index (χ1v) is 11.4. The molecule has 2 aromatic rings. The summed E-state index contributed by atoms with van der Waals surface area (Å²) in [7, 11) is 3.42. The van der Waals surface area contributed by atoms with Crippen LogP contribution in [0.3, 0.4) is 0 Å². The van der Waals surface area contributed by atoms with E-state index < -0.39 is 0 Å². The highest BCUT2D eigenvalue weighted by atomic mass is 16.5. The highest BCUT2D eigenvalue weighted by Gasteiger charge is 2.43. The molecular formula is C27H34O4. The minimum Gasteiger partial charge on any atom is -0.385 e. The SMILES string of the molecule is CCCC(=O)c1ccc2c(c1)C(CCOC)(CCOC)c1cc(C(=O)CCC)ccc1-2. The van der Waals surface area contributed by atoms with Crippen molar-refractivity contribution in [3.8, 4) is 11.1 Å². The van der Waals surface area contributed by atoms with Gasteiger partial charge < -0.3 is 9.47 Å². The molecule has 0 saturated carbocycles. The van der Waals surface area contributed by atoms with Gasteiger partial charge in [-0.1, -0.05) is 38.1 Å². The standard InChI is InChI=1S/C27H34O4/c1-5-7-25(28)19-9-11-21-22-12-10-20(26(29)8-6-2)18-24(22)27(13-15-30-3,14-16-31-4)23(21)17-19/h9-12,17-18H,5-8,13-16H2,1-4H3. The molecule has 0 bridgehead atoms. The molecule has 166 valence electrons. The third-order valence-electron chi connectivity index (χ3n) is 6.42. The Kier molecular flexibility index (Phi) is 7.79. The van der Waals surface area contributed by atoms with Crippen LogP contribution in [0.4, 0.5) is 0 Å². The molecule has 0 spiro atoms. The quantitative estimate of drug-likeness (QED) is 0.394. The number of Topliss-reactive ketones (excluding diaryl/α,β-unsaturated/α-hetero) is 2. The van der Waals surface area contributed by atoms with Gasteiger partial charge in [0.05, 0.1) is 0 Å². The van der Waals surface area contributed by atoms with E-state index >= 15 is 0 Å². The van der Waals surface area contributed by atoms with Crippen molar-refractivity contribution < 1.29 is 19.1 Å². The van der Waals surface area contributed by atoms with Crippen LogP contribution >= 0.6 is 0 Å². The van der Waals surface area contributed by atoms with Crippen LogP contribution in [-0.4, -0.2) is 39.0 Å². The van der Waals surface area contributed by atoms with Crippen LogP contribution in [0.1, 0.15) is 84.2 Å². The third kappa shape index (κ3) is 4.51. The molecule has 0 N–H and O–H groups in total. The summed E-state index contributed by atoms with van der Waals surface area (Å²) in [6.45, 7) is 5.22. The second kappa shape index (κ2) is 10.3. The van der Waals surface area contributed by atoms with Gasteiger partial charge in [-0.25, -0.2) is 0 Å². The van der Waals surface area contributed by atoms with Gasteiger partial charge in [-0.2, -0.15) is 0 Å². The summed E-state index contributed by atoms with van der Waals surface area (Å²) >= 11 is 0. The van der Waals surface area contributed by atoms with Crippen molar-refractivity contribution in [3.05, 3.63) is 58.7 Å². The first-order valence-electron chi connectivity index (χ1n) is 11.4. The van der Waals surface area contributed by atoms with Gasteiger partial charge in [-0.15, -0.1) is 0 Å². The van der Waals surface area contributed by atoms with Crippen molar-refractivity contribution >= 4 is 11.6 Å². The van der Waals surface area contributed by atoms with E-state index in [1.54, 1.807) is 14.2 Å². The minimum atomic E-state index is -0.346. The topological polar surface area (TPSA) is 52.6 Å². The van der Waals surface area contributed by atoms with E-state index in [2.05, 4.69) is 24.3 Å². The molecular weight excluding hydrogens is 388 g/mol. The van der Waals surface area contributed by atoms with Gasteiger partial charge in [-0.05, 0) is 60.1 Å². The molecule has 0 amide bonds. The molecule has 31 heavy (non-hydrogen) atoms. The molecule has 0 aliphatic heterocycles. The fraction of sp³-hybridized carbons (Fsp3) is 0.481. The highest BCUT2D eigenvalue weighted by molar-refractivity contribution is 5.99. The van der Waals surface area contributed by atoms with Crippen LogP contribution in [0.25, 0.3) is 11.1 Å². The molecule has 1 aliphatic rings. The van der Waals surface area contributed by atoms with Gasteiger partial charge in [0.1, 0.15) is 0 Å². The van der Waals surface area contributed by atoms with E-state index in [1.165, 1.54) is 0 Å². The minimum absolute atomic E-state index is 0.174. The Balaban J connectivity index is 2.20. The zero-order chi connectivity index (χ0) is 22.4. The number of ketones is 2. The number of ether oxygens (including phenoxy) is 2. The number of carbonyl (C=O) groups excluding carboxylic acids is 2. The zero-order valence-corrected chi connectivity index (χ0v) is 19.3. The van der Waals surface area contributed by atoms with Crippen LogP contribution in [-0.2, 0) is 14.9 Å². The lowest BCUT2D eigenvalue weighted by atomic mass is 9.72. The maximum Gasteiger partial charge on any atom is 0.162 e. The Morgan fingerprint density at radius 1 is 0.742 bits per heavy atom. The molecule has 0 aromatic heterocycles. The van der Waals surface area contributed by atoms with Gasteiger partial charge in [0.25, 0.3) is 0 Å². The lowest BCUT2D eigenvalue weighted by Gasteiger charge is -2.32. The normalized spacial score (nSPS) is 13.7. The van der Waals surface area contributed by atoms with Crippen molar-refractivity contribution in [3.63, 3.8) is 0 Å². The van der Waals surface area contributed by atoms with E-state index in [9.17, 15) is 9.59 Å². The molecule has 1 aliphatic carbocycles. The summed E-state index contributed by atoms with van der Waals surface area (Å²) < 4.78 is 11.0. The summed E-state index contributed by atoms with van der Waals surface area (Å²) in [5.74, 6) is 0.347. The zero-order valence-electron chi connectivity index (χ0n) is 19.3. The van der Waals surface area contributed by atoms with Crippen LogP contribution in [0.2, 0.25) is 0 Å². The van der Waals surface area contributed by atoms with E-state index in [-0.39, 0.29) is 17.0 Å². The number of fused-ring (bicyclic) bond motifs is 3. The highest BCUT2D eigenvalue weighted by Crippen LogP contribution is 2.53. The average Bonchev–Trinajstić information content (AvgIpc) is 3.05. The summed E-state index contributed by atoms with van der Waals surface area (Å²) in [6, 6.07) is 12.2. The number of hydrogen-bond acceptors (Lipinski definition) is 4. The fourth-order valence-electron chi connectivity index (χ4n) is 4.80. The molecule has 0 unspecified atom stereocenters. The summed E-state index contributed by atoms with van der Waals surface area (Å²) in [4.78, 5) is 25.4. The number of methoxy groups -OCH3 is 2. The summed E-state index contributed by atoms with van der Waals surface area (Å²) in [5.41, 5.74) is 5.76. The molecule has 0 heterocycles. The van der Waals surface area contributed by atoms with Crippen LogP contribution < -0.4 is 0 Å². The van der Waals surface area contributed by atoms with Crippen molar-refractivity contribution in [2.45, 2.75) is 57.8 Å². The number of carbonyl (C=O) groups is 2. The van der Waals surface area contributed by atoms with Crippen LogP contribution in [0.5, 0.6) is 0 Å². The van der Waals surface area contributed by atoms with Crippen LogP contribution in [0, 0.1) is 0 Å². The molecule has 0 atom stereocenters. The van der Waals surface area contributed by atoms with E-state index in [4.69, 9.17) is 9.47 Å². The molecule has 0 radical (unpaired) electrons. The fourth-order valence-corrected chi connectivity index (χ4v) is 4.80. The van der Waals surface area contributed by atoms with Crippen molar-refractivity contribution in [1.29, 1.82) is 0 Å². The molecule has 4 heteroatoms. The first kappa shape index (κ1) is 23.4. The van der Waals surface area contributed by atoms with Crippen molar-refractivity contribution in [2.75, 3.05) is 27.4 Å². The average molecular weight is 423 g/mol. The predicted octanol–water partition coefficient (Wildman–Crippen LogP) is 5.99. The lowest BCUT2D eigenvalue weighted by molar-refractivity contribution is 0.0973. The lowest BCUT2D eigenvalue weighted by Crippen LogP contribution is -2.29. The van der Waals surface area contributed by atoms with E-state index in [1.807, 2.05) is 26.0 Å². The molecule has 0 fully saturated rings. The second-order valence-corrected chi connectivity index (χ2v) is 8.43. The molecule has 4 nitrogen and oxygen atoms in total. The number of benzene rings is 2. The Morgan fingerprint density at radius 3 is 1.52 bits per heavy atom. The first-order chi connectivity index (χ1) is 15.0. The van der Waals surface area contributed by atoms with Gasteiger partial charge in [0, 0.05) is 56.8 Å². The Morgan fingerprint density at radius 2 is 1.16 bits per heavy atom.